The van der Waals surface area contributed by atoms with Crippen LogP contribution in [0.3, 0.4) is 0 Å². The number of aliphatic hydroxyl groups is 1. The Morgan fingerprint density at radius 2 is 2.12 bits per heavy atom. The highest BCUT2D eigenvalue weighted by Crippen LogP contribution is 2.32. The Bertz CT molecular complexity index is 515. The Labute approximate surface area is 101 Å². The van der Waals surface area contributed by atoms with Crippen molar-refractivity contribution in [2.75, 3.05) is 13.1 Å². The van der Waals surface area contributed by atoms with Crippen molar-refractivity contribution in [3.63, 3.8) is 0 Å². The molecule has 2 heterocycles. The van der Waals surface area contributed by atoms with Crippen molar-refractivity contribution in [3.05, 3.63) is 12.0 Å². The number of hydrogen-bond acceptors (Lipinski definition) is 4. The van der Waals surface area contributed by atoms with Crippen LogP contribution in [-0.4, -0.2) is 46.5 Å². The molecule has 0 atom stereocenters. The van der Waals surface area contributed by atoms with Crippen LogP contribution in [0.1, 0.15) is 19.7 Å². The first kappa shape index (κ1) is 12.5. The van der Waals surface area contributed by atoms with Crippen LogP contribution in [0.25, 0.3) is 0 Å². The van der Waals surface area contributed by atoms with Gasteiger partial charge in [-0.1, -0.05) is 13.8 Å². The summed E-state index contributed by atoms with van der Waals surface area (Å²) in [5.74, 6) is 0.598. The molecule has 0 aromatic carbocycles. The van der Waals surface area contributed by atoms with Crippen LogP contribution in [-0.2, 0) is 10.0 Å². The van der Waals surface area contributed by atoms with Gasteiger partial charge in [-0.2, -0.15) is 4.31 Å². The molecule has 0 radical (unpaired) electrons. The van der Waals surface area contributed by atoms with E-state index in [-0.39, 0.29) is 24.0 Å². The molecule has 0 saturated carbocycles. The largest absolute Gasteiger partial charge is 0.387 e. The summed E-state index contributed by atoms with van der Waals surface area (Å²) < 4.78 is 25.4. The summed E-state index contributed by atoms with van der Waals surface area (Å²) in [5.41, 5.74) is -0.901. The Hall–Kier alpha value is -0.920. The molecule has 0 bridgehead atoms. The molecule has 1 aliphatic heterocycles. The number of aromatic nitrogens is 2. The number of hydrogen-bond donors (Lipinski definition) is 2. The van der Waals surface area contributed by atoms with Crippen molar-refractivity contribution in [1.82, 2.24) is 14.3 Å². The minimum atomic E-state index is -3.53. The molecule has 17 heavy (non-hydrogen) atoms. The van der Waals surface area contributed by atoms with Crippen molar-refractivity contribution in [2.24, 2.45) is 5.92 Å². The Balaban J connectivity index is 2.16. The second kappa shape index (κ2) is 3.79. The third kappa shape index (κ3) is 1.98. The molecule has 96 valence electrons. The standard InChI is InChI=1S/C10H17N3O3S/c1-7(2)10(14)5-13(6-10)17(15,16)9-4-11-8(3)12-9/h4,7,14H,5-6H2,1-3H3,(H,11,12). The third-order valence-corrected chi connectivity index (χ3v) is 4.97. The van der Waals surface area contributed by atoms with Crippen LogP contribution < -0.4 is 0 Å². The summed E-state index contributed by atoms with van der Waals surface area (Å²) in [7, 11) is -3.53. The molecule has 1 aliphatic rings. The molecule has 0 unspecified atom stereocenters. The summed E-state index contributed by atoms with van der Waals surface area (Å²) in [6, 6.07) is 0. The number of imidazole rings is 1. The molecule has 0 spiro atoms. The van der Waals surface area contributed by atoms with Gasteiger partial charge in [-0.3, -0.25) is 0 Å². The molecule has 0 amide bonds. The highest BCUT2D eigenvalue weighted by atomic mass is 32.2. The molecular weight excluding hydrogens is 242 g/mol. The van der Waals surface area contributed by atoms with Gasteiger partial charge in [0.05, 0.1) is 11.8 Å². The van der Waals surface area contributed by atoms with E-state index < -0.39 is 15.6 Å². The van der Waals surface area contributed by atoms with Crippen molar-refractivity contribution in [2.45, 2.75) is 31.4 Å². The highest BCUT2D eigenvalue weighted by Gasteiger charge is 2.49. The van der Waals surface area contributed by atoms with Gasteiger partial charge in [-0.05, 0) is 12.8 Å². The van der Waals surface area contributed by atoms with Crippen molar-refractivity contribution < 1.29 is 13.5 Å². The SMILES string of the molecule is Cc1ncc(S(=O)(=O)N2CC(O)(C(C)C)C2)[nH]1. The number of H-pyrrole nitrogens is 1. The maximum atomic E-state index is 12.1. The van der Waals surface area contributed by atoms with Gasteiger partial charge in [0.2, 0.25) is 0 Å². The van der Waals surface area contributed by atoms with Gasteiger partial charge >= 0.3 is 0 Å². The zero-order valence-corrected chi connectivity index (χ0v) is 11.0. The number of rotatable bonds is 3. The number of nitrogens with one attached hydrogen (secondary N) is 1. The second-order valence-corrected chi connectivity index (χ2v) is 6.77. The lowest BCUT2D eigenvalue weighted by Gasteiger charge is -2.47. The van der Waals surface area contributed by atoms with E-state index in [4.69, 9.17) is 0 Å². The van der Waals surface area contributed by atoms with Crippen LogP contribution in [0.4, 0.5) is 0 Å². The molecular formula is C10H17N3O3S. The lowest BCUT2D eigenvalue weighted by molar-refractivity contribution is -0.0933. The lowest BCUT2D eigenvalue weighted by Crippen LogP contribution is -2.65. The molecule has 1 aromatic rings. The maximum Gasteiger partial charge on any atom is 0.260 e. The number of sulfonamides is 1. The average molecular weight is 259 g/mol. The zero-order chi connectivity index (χ0) is 12.8. The molecule has 2 N–H and O–H groups in total. The predicted octanol–water partition coefficient (Wildman–Crippen LogP) is 0.110. The number of β-amino-alcohol motifs (C(OH)–C–C–N with tert-alkyl or cyclic N) is 1. The Morgan fingerprint density at radius 1 is 1.53 bits per heavy atom. The Kier molecular flexibility index (Phi) is 2.80. The monoisotopic (exact) mass is 259 g/mol. The molecule has 2 rings (SSSR count). The van der Waals surface area contributed by atoms with Gasteiger partial charge in [-0.15, -0.1) is 0 Å². The van der Waals surface area contributed by atoms with Crippen LogP contribution >= 0.6 is 0 Å². The molecule has 1 saturated heterocycles. The van der Waals surface area contributed by atoms with Gasteiger partial charge in [0.25, 0.3) is 10.0 Å². The van der Waals surface area contributed by atoms with E-state index >= 15 is 0 Å². The van der Waals surface area contributed by atoms with Gasteiger partial charge in [0, 0.05) is 13.1 Å². The Morgan fingerprint density at radius 3 is 2.53 bits per heavy atom. The maximum absolute atomic E-state index is 12.1. The first-order valence-electron chi connectivity index (χ1n) is 5.50. The van der Waals surface area contributed by atoms with Crippen LogP contribution in [0.5, 0.6) is 0 Å². The minimum absolute atomic E-state index is 0.0393. The van der Waals surface area contributed by atoms with E-state index in [2.05, 4.69) is 9.97 Å². The number of aryl methyl sites for hydroxylation is 1. The zero-order valence-electron chi connectivity index (χ0n) is 10.1. The normalized spacial score (nSPS) is 20.5. The van der Waals surface area contributed by atoms with E-state index in [1.54, 1.807) is 6.92 Å². The fraction of sp³-hybridized carbons (Fsp3) is 0.700. The molecule has 1 fully saturated rings. The molecule has 7 heteroatoms. The van der Waals surface area contributed by atoms with Crippen LogP contribution in [0, 0.1) is 12.8 Å². The summed E-state index contributed by atoms with van der Waals surface area (Å²) in [6.07, 6.45) is 1.30. The highest BCUT2D eigenvalue weighted by molar-refractivity contribution is 7.89. The van der Waals surface area contributed by atoms with Gasteiger partial charge in [0.15, 0.2) is 5.03 Å². The van der Waals surface area contributed by atoms with E-state index in [0.717, 1.165) is 0 Å². The average Bonchev–Trinajstić information content (AvgIpc) is 2.60. The first-order valence-corrected chi connectivity index (χ1v) is 6.94. The topological polar surface area (TPSA) is 86.3 Å². The van der Waals surface area contributed by atoms with E-state index in [0.29, 0.717) is 5.82 Å². The lowest BCUT2D eigenvalue weighted by atomic mass is 9.85. The van der Waals surface area contributed by atoms with Gasteiger partial charge < -0.3 is 10.1 Å². The number of aromatic amines is 1. The molecule has 0 aliphatic carbocycles. The van der Waals surface area contributed by atoms with E-state index in [1.165, 1.54) is 10.5 Å². The van der Waals surface area contributed by atoms with Crippen molar-refractivity contribution in [3.8, 4) is 0 Å². The summed E-state index contributed by atoms with van der Waals surface area (Å²) >= 11 is 0. The molecule has 1 aromatic heterocycles. The second-order valence-electron chi connectivity index (χ2n) is 4.86. The van der Waals surface area contributed by atoms with E-state index in [1.807, 2.05) is 13.8 Å². The minimum Gasteiger partial charge on any atom is -0.387 e. The van der Waals surface area contributed by atoms with Crippen molar-refractivity contribution >= 4 is 10.0 Å². The first-order chi connectivity index (χ1) is 7.75. The van der Waals surface area contributed by atoms with Crippen LogP contribution in [0.15, 0.2) is 11.2 Å². The fourth-order valence-corrected chi connectivity index (χ4v) is 3.30. The van der Waals surface area contributed by atoms with Crippen molar-refractivity contribution in [1.29, 1.82) is 0 Å². The number of nitrogens with zero attached hydrogens (tertiary/aromatic N) is 2. The third-order valence-electron chi connectivity index (χ3n) is 3.27. The van der Waals surface area contributed by atoms with Crippen LogP contribution in [0.2, 0.25) is 0 Å². The summed E-state index contributed by atoms with van der Waals surface area (Å²) in [4.78, 5) is 6.57. The van der Waals surface area contributed by atoms with E-state index in [9.17, 15) is 13.5 Å². The smallest absolute Gasteiger partial charge is 0.260 e. The van der Waals surface area contributed by atoms with Gasteiger partial charge in [-0.25, -0.2) is 13.4 Å². The molecule has 6 nitrogen and oxygen atoms in total. The fourth-order valence-electron chi connectivity index (χ4n) is 1.77. The van der Waals surface area contributed by atoms with Gasteiger partial charge in [0.1, 0.15) is 5.82 Å². The summed E-state index contributed by atoms with van der Waals surface area (Å²) in [5, 5.41) is 10.1. The summed E-state index contributed by atoms with van der Waals surface area (Å²) in [6.45, 7) is 5.74. The predicted molar refractivity (Wildman–Crippen MR) is 61.9 cm³/mol. The quantitative estimate of drug-likeness (QED) is 0.806.